The highest BCUT2D eigenvalue weighted by atomic mass is 127. The minimum atomic E-state index is 0. The molecule has 7 nitrogen and oxygen atoms in total. The van der Waals surface area contributed by atoms with E-state index in [-0.39, 0.29) is 24.0 Å². The van der Waals surface area contributed by atoms with Gasteiger partial charge in [0.2, 0.25) is 0 Å². The third-order valence-corrected chi connectivity index (χ3v) is 4.11. The summed E-state index contributed by atoms with van der Waals surface area (Å²) < 4.78 is 12.6. The third-order valence-electron chi connectivity index (χ3n) is 4.11. The van der Waals surface area contributed by atoms with E-state index in [1.165, 1.54) is 11.3 Å². The molecule has 1 aromatic heterocycles. The highest BCUT2D eigenvalue weighted by Crippen LogP contribution is 2.12. The predicted molar refractivity (Wildman–Crippen MR) is 124 cm³/mol. The van der Waals surface area contributed by atoms with E-state index in [1.807, 2.05) is 35.9 Å². The standard InChI is InChI=1S/C20H31N5O2.HI/c1-16-14-17(2)25(24-16)11-5-10-22-20(21-3)23-15-18-6-8-19(9-7-18)27-13-12-26-4;/h6-9,14H,5,10-13,15H2,1-4H3,(H2,21,22,23);1H. The minimum Gasteiger partial charge on any atom is -0.491 e. The first-order valence-corrected chi connectivity index (χ1v) is 9.28. The average molecular weight is 501 g/mol. The van der Waals surface area contributed by atoms with E-state index >= 15 is 0 Å². The maximum absolute atomic E-state index is 5.57. The van der Waals surface area contributed by atoms with Crippen LogP contribution in [0.3, 0.4) is 0 Å². The molecular formula is C20H32IN5O2. The maximum Gasteiger partial charge on any atom is 0.191 e. The van der Waals surface area contributed by atoms with Crippen molar-refractivity contribution >= 4 is 29.9 Å². The van der Waals surface area contributed by atoms with Crippen LogP contribution in [-0.2, 0) is 17.8 Å². The number of nitrogens with one attached hydrogen (secondary N) is 2. The Morgan fingerprint density at radius 1 is 1.14 bits per heavy atom. The van der Waals surface area contributed by atoms with E-state index in [1.54, 1.807) is 14.2 Å². The second-order valence-electron chi connectivity index (χ2n) is 6.34. The molecule has 28 heavy (non-hydrogen) atoms. The molecule has 0 bridgehead atoms. The number of hydrogen-bond donors (Lipinski definition) is 2. The molecule has 1 aromatic carbocycles. The number of ether oxygens (including phenoxy) is 2. The summed E-state index contributed by atoms with van der Waals surface area (Å²) in [6.45, 7) is 7.69. The van der Waals surface area contributed by atoms with Crippen LogP contribution < -0.4 is 15.4 Å². The van der Waals surface area contributed by atoms with Gasteiger partial charge in [-0.15, -0.1) is 24.0 Å². The lowest BCUT2D eigenvalue weighted by Gasteiger charge is -2.13. The van der Waals surface area contributed by atoms with Crippen LogP contribution in [0.4, 0.5) is 0 Å². The van der Waals surface area contributed by atoms with Crippen molar-refractivity contribution < 1.29 is 9.47 Å². The van der Waals surface area contributed by atoms with Gasteiger partial charge in [-0.3, -0.25) is 9.67 Å². The van der Waals surface area contributed by atoms with Gasteiger partial charge in [-0.05, 0) is 44.0 Å². The molecule has 0 spiro atoms. The first-order chi connectivity index (χ1) is 13.1. The quantitative estimate of drug-likeness (QED) is 0.227. The lowest BCUT2D eigenvalue weighted by Crippen LogP contribution is -2.37. The second kappa shape index (κ2) is 13.4. The molecule has 0 aliphatic heterocycles. The van der Waals surface area contributed by atoms with E-state index in [4.69, 9.17) is 9.47 Å². The zero-order chi connectivity index (χ0) is 19.5. The van der Waals surface area contributed by atoms with Crippen LogP contribution in [0.2, 0.25) is 0 Å². The number of rotatable bonds is 10. The smallest absolute Gasteiger partial charge is 0.191 e. The van der Waals surface area contributed by atoms with Gasteiger partial charge in [-0.25, -0.2) is 0 Å². The number of methoxy groups -OCH3 is 1. The molecule has 0 unspecified atom stereocenters. The summed E-state index contributed by atoms with van der Waals surface area (Å²) in [6.07, 6.45) is 0.982. The highest BCUT2D eigenvalue weighted by Gasteiger charge is 2.02. The van der Waals surface area contributed by atoms with Gasteiger partial charge in [0.25, 0.3) is 0 Å². The highest BCUT2D eigenvalue weighted by molar-refractivity contribution is 14.0. The summed E-state index contributed by atoms with van der Waals surface area (Å²) in [6, 6.07) is 10.1. The number of halogens is 1. The van der Waals surface area contributed by atoms with Crippen molar-refractivity contribution in [3.05, 3.63) is 47.3 Å². The predicted octanol–water partition coefficient (Wildman–Crippen LogP) is 2.90. The van der Waals surface area contributed by atoms with Crippen molar-refractivity contribution in [1.29, 1.82) is 0 Å². The third kappa shape index (κ3) is 8.47. The summed E-state index contributed by atoms with van der Waals surface area (Å²) in [5, 5.41) is 11.1. The molecule has 0 fully saturated rings. The lowest BCUT2D eigenvalue weighted by atomic mass is 10.2. The SMILES string of the molecule is CN=C(NCCCn1nc(C)cc1C)NCc1ccc(OCCOC)cc1.I. The van der Waals surface area contributed by atoms with E-state index in [2.05, 4.69) is 33.7 Å². The molecule has 1 heterocycles. The van der Waals surface area contributed by atoms with Crippen LogP contribution in [0.25, 0.3) is 0 Å². The van der Waals surface area contributed by atoms with E-state index in [9.17, 15) is 0 Å². The molecule has 0 radical (unpaired) electrons. The first-order valence-electron chi connectivity index (χ1n) is 9.28. The van der Waals surface area contributed by atoms with E-state index < -0.39 is 0 Å². The molecule has 0 saturated carbocycles. The van der Waals surface area contributed by atoms with Gasteiger partial charge in [-0.2, -0.15) is 5.10 Å². The Morgan fingerprint density at radius 3 is 2.50 bits per heavy atom. The monoisotopic (exact) mass is 501 g/mol. The van der Waals surface area contributed by atoms with Crippen LogP contribution in [0.15, 0.2) is 35.3 Å². The molecule has 0 saturated heterocycles. The zero-order valence-corrected chi connectivity index (χ0v) is 19.5. The summed E-state index contributed by atoms with van der Waals surface area (Å²) in [5.41, 5.74) is 3.43. The molecule has 2 rings (SSSR count). The number of benzene rings is 1. The Balaban J connectivity index is 0.00000392. The number of hydrogen-bond acceptors (Lipinski definition) is 4. The normalized spacial score (nSPS) is 11.1. The van der Waals surface area contributed by atoms with Gasteiger partial charge in [0, 0.05) is 39.5 Å². The topological polar surface area (TPSA) is 72.7 Å². The van der Waals surface area contributed by atoms with Crippen LogP contribution in [0.5, 0.6) is 5.75 Å². The molecule has 0 aliphatic rings. The first kappa shape index (κ1) is 24.2. The number of aliphatic imine (C=N–C) groups is 1. The Morgan fingerprint density at radius 2 is 1.89 bits per heavy atom. The van der Waals surface area contributed by atoms with E-state index in [0.717, 1.165) is 36.9 Å². The molecule has 0 aliphatic carbocycles. The molecular weight excluding hydrogens is 469 g/mol. The molecule has 2 N–H and O–H groups in total. The van der Waals surface area contributed by atoms with Gasteiger partial charge >= 0.3 is 0 Å². The van der Waals surface area contributed by atoms with Crippen LogP contribution in [-0.4, -0.2) is 49.7 Å². The molecule has 0 atom stereocenters. The lowest BCUT2D eigenvalue weighted by molar-refractivity contribution is 0.146. The van der Waals surface area contributed by atoms with Crippen molar-refractivity contribution in [2.24, 2.45) is 4.99 Å². The molecule has 0 amide bonds. The van der Waals surface area contributed by atoms with Gasteiger partial charge in [0.15, 0.2) is 5.96 Å². The van der Waals surface area contributed by atoms with Crippen molar-refractivity contribution in [3.8, 4) is 5.75 Å². The number of aromatic nitrogens is 2. The maximum atomic E-state index is 5.57. The van der Waals surface area contributed by atoms with Crippen LogP contribution in [0, 0.1) is 13.8 Å². The Bertz CT molecular complexity index is 716. The Hall–Kier alpha value is -1.81. The largest absolute Gasteiger partial charge is 0.491 e. The number of nitrogens with zero attached hydrogens (tertiary/aromatic N) is 3. The fraction of sp³-hybridized carbons (Fsp3) is 0.500. The van der Waals surface area contributed by atoms with Gasteiger partial charge in [0.05, 0.1) is 12.3 Å². The minimum absolute atomic E-state index is 0. The van der Waals surface area contributed by atoms with Crippen LogP contribution >= 0.6 is 24.0 Å². The molecule has 8 heteroatoms. The van der Waals surface area contributed by atoms with Crippen molar-refractivity contribution in [2.75, 3.05) is 33.9 Å². The summed E-state index contributed by atoms with van der Waals surface area (Å²) in [5.74, 6) is 1.64. The number of aryl methyl sites for hydroxylation is 3. The van der Waals surface area contributed by atoms with Gasteiger partial charge in [0.1, 0.15) is 12.4 Å². The average Bonchev–Trinajstić information content (AvgIpc) is 2.99. The van der Waals surface area contributed by atoms with Crippen molar-refractivity contribution in [2.45, 2.75) is 33.4 Å². The van der Waals surface area contributed by atoms with Crippen molar-refractivity contribution in [1.82, 2.24) is 20.4 Å². The van der Waals surface area contributed by atoms with Gasteiger partial charge in [-0.1, -0.05) is 12.1 Å². The summed E-state index contributed by atoms with van der Waals surface area (Å²) in [4.78, 5) is 4.27. The Labute approximate surface area is 184 Å². The molecule has 156 valence electrons. The number of guanidine groups is 1. The van der Waals surface area contributed by atoms with E-state index in [0.29, 0.717) is 19.8 Å². The summed E-state index contributed by atoms with van der Waals surface area (Å²) >= 11 is 0. The molecule has 2 aromatic rings. The van der Waals surface area contributed by atoms with Crippen LogP contribution in [0.1, 0.15) is 23.4 Å². The fourth-order valence-corrected chi connectivity index (χ4v) is 2.69. The summed E-state index contributed by atoms with van der Waals surface area (Å²) in [7, 11) is 3.45. The second-order valence-corrected chi connectivity index (χ2v) is 6.34. The fourth-order valence-electron chi connectivity index (χ4n) is 2.69. The zero-order valence-electron chi connectivity index (χ0n) is 17.2. The van der Waals surface area contributed by atoms with Crippen molar-refractivity contribution in [3.63, 3.8) is 0 Å². The Kier molecular flexibility index (Phi) is 11.6. The van der Waals surface area contributed by atoms with Gasteiger partial charge < -0.3 is 20.1 Å².